The number of amides is 1. The molecular weight excluding hydrogens is 842 g/mol. The fraction of sp³-hybridized carbons (Fsp3) is 0.978. The molecule has 12 N–H and O–H groups in total. The molecule has 17 atom stereocenters. The summed E-state index contributed by atoms with van der Waals surface area (Å²) >= 11 is 0. The van der Waals surface area contributed by atoms with Crippen molar-refractivity contribution in [3.05, 3.63) is 0 Å². The Kier molecular flexibility index (Phi) is 28.3. The van der Waals surface area contributed by atoms with Crippen molar-refractivity contribution in [2.45, 2.75) is 253 Å². The van der Waals surface area contributed by atoms with E-state index in [-0.39, 0.29) is 18.9 Å². The number of rotatable bonds is 33. The third-order valence-corrected chi connectivity index (χ3v) is 12.7. The maximum absolute atomic E-state index is 13.0. The highest BCUT2D eigenvalue weighted by atomic mass is 16.8. The largest absolute Gasteiger partial charge is 0.394 e. The highest BCUT2D eigenvalue weighted by Gasteiger charge is 2.53. The second kappa shape index (κ2) is 31.8. The molecule has 0 aliphatic carbocycles. The molecule has 3 aliphatic heterocycles. The van der Waals surface area contributed by atoms with E-state index in [9.17, 15) is 61.0 Å². The Bertz CT molecular complexity index is 1200. The molecule has 3 fully saturated rings. The van der Waals surface area contributed by atoms with Crippen molar-refractivity contribution < 1.29 is 89.4 Å². The molecule has 0 aromatic rings. The molecule has 1 amide bonds. The molecule has 64 heavy (non-hydrogen) atoms. The van der Waals surface area contributed by atoms with Crippen molar-refractivity contribution >= 4 is 5.91 Å². The lowest BCUT2D eigenvalue weighted by Gasteiger charge is -2.48. The van der Waals surface area contributed by atoms with Crippen molar-refractivity contribution in [3.8, 4) is 0 Å². The SMILES string of the molecule is CCCCCCCCCCCCCCCCCCC(=O)NC(COC1OC(CO)C(OC2OC(CO)C(OC3OC(CO)C(O)C(O)C3O)C(O)C2O)C(O)C1O)C(O)CCCCC. The third kappa shape index (κ3) is 18.4. The van der Waals surface area contributed by atoms with Gasteiger partial charge in [0, 0.05) is 6.42 Å². The molecular formula is C45H85NO18. The molecule has 3 heterocycles. The standard InChI is InChI=1S/C45H85NO18/c1-3-5-7-8-9-10-11-12-13-14-15-16-17-18-19-21-23-33(51)46-28(29(50)22-20-6-4-2)27-59-43-39(57)36(54)41(31(25-48)61-43)64-45-40(58)37(55)42(32(26-49)62-45)63-44-38(56)35(53)34(52)30(24-47)60-44/h28-32,34-45,47-50,52-58H,3-27H2,1-2H3,(H,46,51). The molecule has 19 heteroatoms. The van der Waals surface area contributed by atoms with Gasteiger partial charge in [0.1, 0.15) is 73.2 Å². The first kappa shape index (κ1) is 57.1. The highest BCUT2D eigenvalue weighted by molar-refractivity contribution is 5.76. The van der Waals surface area contributed by atoms with Crippen molar-refractivity contribution in [1.82, 2.24) is 5.32 Å². The van der Waals surface area contributed by atoms with Gasteiger partial charge in [0.25, 0.3) is 0 Å². The van der Waals surface area contributed by atoms with E-state index in [0.717, 1.165) is 32.1 Å². The number of hydrogen-bond donors (Lipinski definition) is 12. The smallest absolute Gasteiger partial charge is 0.220 e. The minimum absolute atomic E-state index is 0.254. The van der Waals surface area contributed by atoms with Gasteiger partial charge in [0.2, 0.25) is 5.91 Å². The molecule has 3 saturated heterocycles. The number of aliphatic hydroxyl groups excluding tert-OH is 11. The van der Waals surface area contributed by atoms with E-state index in [1.807, 2.05) is 6.92 Å². The summed E-state index contributed by atoms with van der Waals surface area (Å²) in [6, 6.07) is -0.874. The number of carbonyl (C=O) groups is 1. The van der Waals surface area contributed by atoms with Gasteiger partial charge >= 0.3 is 0 Å². The summed E-state index contributed by atoms with van der Waals surface area (Å²) in [6.07, 6.45) is -3.78. The Labute approximate surface area is 379 Å². The van der Waals surface area contributed by atoms with Gasteiger partial charge in [-0.25, -0.2) is 0 Å². The van der Waals surface area contributed by atoms with Crippen LogP contribution in [0.25, 0.3) is 0 Å². The minimum atomic E-state index is -1.96. The maximum Gasteiger partial charge on any atom is 0.220 e. The van der Waals surface area contributed by atoms with Crippen molar-refractivity contribution in [2.24, 2.45) is 0 Å². The van der Waals surface area contributed by atoms with Crippen LogP contribution in [0.15, 0.2) is 0 Å². The third-order valence-electron chi connectivity index (χ3n) is 12.7. The number of ether oxygens (including phenoxy) is 6. The zero-order valence-electron chi connectivity index (χ0n) is 38.3. The second-order valence-electron chi connectivity index (χ2n) is 17.9. The van der Waals surface area contributed by atoms with Crippen molar-refractivity contribution in [3.63, 3.8) is 0 Å². The molecule has 0 aromatic heterocycles. The van der Waals surface area contributed by atoms with Gasteiger partial charge in [0.05, 0.1) is 38.6 Å². The van der Waals surface area contributed by atoms with Crippen LogP contribution in [0, 0.1) is 0 Å². The van der Waals surface area contributed by atoms with Crippen LogP contribution in [0.1, 0.15) is 149 Å². The summed E-state index contributed by atoms with van der Waals surface area (Å²) in [7, 11) is 0. The normalized spacial score (nSPS) is 34.4. The summed E-state index contributed by atoms with van der Waals surface area (Å²) in [5, 5.41) is 119. The fourth-order valence-electron chi connectivity index (χ4n) is 8.55. The predicted octanol–water partition coefficient (Wildman–Crippen LogP) is 0.529. The highest BCUT2D eigenvalue weighted by Crippen LogP contribution is 2.33. The quantitative estimate of drug-likeness (QED) is 0.0400. The molecule has 0 bridgehead atoms. The van der Waals surface area contributed by atoms with Gasteiger partial charge in [-0.05, 0) is 12.8 Å². The van der Waals surface area contributed by atoms with E-state index in [1.165, 1.54) is 77.0 Å². The first-order valence-electron chi connectivity index (χ1n) is 24.3. The Balaban J connectivity index is 1.47. The number of nitrogens with one attached hydrogen (secondary N) is 1. The zero-order valence-corrected chi connectivity index (χ0v) is 38.3. The lowest BCUT2D eigenvalue weighted by atomic mass is 9.96. The van der Waals surface area contributed by atoms with Crippen LogP contribution in [-0.2, 0) is 33.2 Å². The summed E-state index contributed by atoms with van der Waals surface area (Å²) < 4.78 is 33.9. The average Bonchev–Trinajstić information content (AvgIpc) is 3.29. The second-order valence-corrected chi connectivity index (χ2v) is 17.9. The molecule has 0 aromatic carbocycles. The van der Waals surface area contributed by atoms with Crippen molar-refractivity contribution in [1.29, 1.82) is 0 Å². The summed E-state index contributed by atoms with van der Waals surface area (Å²) in [4.78, 5) is 13.0. The van der Waals surface area contributed by atoms with Crippen LogP contribution < -0.4 is 5.32 Å². The number of aliphatic hydroxyl groups is 11. The first-order valence-corrected chi connectivity index (χ1v) is 24.3. The van der Waals surface area contributed by atoms with E-state index < -0.39 is 124 Å². The van der Waals surface area contributed by atoms with Crippen LogP contribution in [-0.4, -0.2) is 193 Å². The van der Waals surface area contributed by atoms with Crippen LogP contribution in [0.3, 0.4) is 0 Å². The molecule has 3 aliphatic rings. The van der Waals surface area contributed by atoms with Gasteiger partial charge in [-0.15, -0.1) is 0 Å². The Morgan fingerprint density at radius 1 is 0.500 bits per heavy atom. The summed E-state index contributed by atoms with van der Waals surface area (Å²) in [5.74, 6) is -0.254. The van der Waals surface area contributed by atoms with E-state index in [0.29, 0.717) is 19.3 Å². The van der Waals surface area contributed by atoms with Crippen molar-refractivity contribution in [2.75, 3.05) is 26.4 Å². The van der Waals surface area contributed by atoms with Gasteiger partial charge in [-0.1, -0.05) is 129 Å². The van der Waals surface area contributed by atoms with Gasteiger partial charge in [-0.3, -0.25) is 4.79 Å². The molecule has 17 unspecified atom stereocenters. The molecule has 19 nitrogen and oxygen atoms in total. The monoisotopic (exact) mass is 928 g/mol. The molecule has 3 rings (SSSR count). The van der Waals surface area contributed by atoms with Crippen LogP contribution in [0.2, 0.25) is 0 Å². The van der Waals surface area contributed by atoms with Gasteiger partial charge in [0.15, 0.2) is 18.9 Å². The van der Waals surface area contributed by atoms with E-state index >= 15 is 0 Å². The first-order chi connectivity index (χ1) is 30.8. The van der Waals surface area contributed by atoms with E-state index in [4.69, 9.17) is 28.4 Å². The summed E-state index contributed by atoms with van der Waals surface area (Å²) in [5.41, 5.74) is 0. The topological polar surface area (TPSA) is 307 Å². The number of hydrogen-bond acceptors (Lipinski definition) is 18. The lowest BCUT2D eigenvalue weighted by Crippen LogP contribution is -2.66. The number of unbranched alkanes of at least 4 members (excludes halogenated alkanes) is 17. The Morgan fingerprint density at radius 3 is 1.36 bits per heavy atom. The molecule has 0 saturated carbocycles. The Hall–Kier alpha value is -1.21. The van der Waals surface area contributed by atoms with Crippen LogP contribution in [0.5, 0.6) is 0 Å². The van der Waals surface area contributed by atoms with E-state index in [1.54, 1.807) is 0 Å². The lowest BCUT2D eigenvalue weighted by molar-refractivity contribution is -0.379. The molecule has 0 spiro atoms. The average molecular weight is 928 g/mol. The van der Waals surface area contributed by atoms with Gasteiger partial charge in [-0.2, -0.15) is 0 Å². The fourth-order valence-corrected chi connectivity index (χ4v) is 8.55. The molecule has 378 valence electrons. The predicted molar refractivity (Wildman–Crippen MR) is 231 cm³/mol. The minimum Gasteiger partial charge on any atom is -0.394 e. The van der Waals surface area contributed by atoms with E-state index in [2.05, 4.69) is 12.2 Å². The van der Waals surface area contributed by atoms with Crippen LogP contribution >= 0.6 is 0 Å². The maximum atomic E-state index is 13.0. The Morgan fingerprint density at radius 2 is 0.891 bits per heavy atom. The van der Waals surface area contributed by atoms with Gasteiger partial charge < -0.3 is 89.9 Å². The summed E-state index contributed by atoms with van der Waals surface area (Å²) in [6.45, 7) is 1.57. The van der Waals surface area contributed by atoms with Crippen LogP contribution in [0.4, 0.5) is 0 Å². The number of carbonyl (C=O) groups excluding carboxylic acids is 1. The molecule has 0 radical (unpaired) electrons. The zero-order chi connectivity index (χ0) is 47.0.